The number of phenolic OH excluding ortho intramolecular Hbond substituents is 1. The standard InChI is InChI=1S/C15H9BrO3/c16-11-6-10-7-12(9-4-2-1-3-5-9)15(18)19-14(10)13(17)8-11/h1-8,17H. The highest BCUT2D eigenvalue weighted by Gasteiger charge is 2.10. The smallest absolute Gasteiger partial charge is 0.344 e. The van der Waals surface area contributed by atoms with Gasteiger partial charge in [-0.25, -0.2) is 4.79 Å². The van der Waals surface area contributed by atoms with E-state index in [4.69, 9.17) is 4.42 Å². The van der Waals surface area contributed by atoms with Crippen molar-refractivity contribution in [1.82, 2.24) is 0 Å². The number of halogens is 1. The highest BCUT2D eigenvalue weighted by atomic mass is 79.9. The van der Waals surface area contributed by atoms with E-state index in [1.807, 2.05) is 30.3 Å². The SMILES string of the molecule is O=c1oc2c(O)cc(Br)cc2cc1-c1ccccc1. The first-order chi connectivity index (χ1) is 9.15. The lowest BCUT2D eigenvalue weighted by molar-refractivity contribution is 0.457. The molecule has 94 valence electrons. The van der Waals surface area contributed by atoms with Gasteiger partial charge in [-0.1, -0.05) is 46.3 Å². The molecular formula is C15H9BrO3. The van der Waals surface area contributed by atoms with Crippen molar-refractivity contribution in [3.05, 3.63) is 63.4 Å². The number of phenols is 1. The van der Waals surface area contributed by atoms with Crippen LogP contribution in [0.1, 0.15) is 0 Å². The number of benzene rings is 2. The Morgan fingerprint density at radius 3 is 2.53 bits per heavy atom. The Kier molecular flexibility index (Phi) is 2.87. The number of hydrogen-bond acceptors (Lipinski definition) is 3. The van der Waals surface area contributed by atoms with Crippen LogP contribution >= 0.6 is 15.9 Å². The van der Waals surface area contributed by atoms with Gasteiger partial charge in [0.1, 0.15) is 0 Å². The first kappa shape index (κ1) is 12.0. The van der Waals surface area contributed by atoms with E-state index in [1.165, 1.54) is 6.07 Å². The van der Waals surface area contributed by atoms with E-state index < -0.39 is 5.63 Å². The van der Waals surface area contributed by atoms with Crippen molar-refractivity contribution >= 4 is 26.9 Å². The van der Waals surface area contributed by atoms with Gasteiger partial charge in [-0.3, -0.25) is 0 Å². The molecule has 3 aromatic rings. The van der Waals surface area contributed by atoms with Crippen LogP contribution in [0.4, 0.5) is 0 Å². The van der Waals surface area contributed by atoms with Crippen molar-refractivity contribution in [3.63, 3.8) is 0 Å². The summed E-state index contributed by atoms with van der Waals surface area (Å²) >= 11 is 3.30. The number of rotatable bonds is 1. The molecular weight excluding hydrogens is 308 g/mol. The zero-order valence-corrected chi connectivity index (χ0v) is 11.3. The third-order valence-corrected chi connectivity index (χ3v) is 3.32. The van der Waals surface area contributed by atoms with E-state index in [9.17, 15) is 9.90 Å². The molecule has 3 rings (SSSR count). The van der Waals surface area contributed by atoms with Crippen LogP contribution in [0.5, 0.6) is 5.75 Å². The second-order valence-corrected chi connectivity index (χ2v) is 5.07. The molecule has 0 aliphatic carbocycles. The summed E-state index contributed by atoms with van der Waals surface area (Å²) in [6, 6.07) is 14.3. The fourth-order valence-corrected chi connectivity index (χ4v) is 2.46. The van der Waals surface area contributed by atoms with Crippen LogP contribution in [0.25, 0.3) is 22.1 Å². The Morgan fingerprint density at radius 1 is 1.05 bits per heavy atom. The molecule has 0 radical (unpaired) electrons. The van der Waals surface area contributed by atoms with Crippen molar-refractivity contribution in [2.45, 2.75) is 0 Å². The maximum Gasteiger partial charge on any atom is 0.344 e. The van der Waals surface area contributed by atoms with Crippen LogP contribution in [0, 0.1) is 0 Å². The van der Waals surface area contributed by atoms with Gasteiger partial charge in [-0.05, 0) is 23.8 Å². The summed E-state index contributed by atoms with van der Waals surface area (Å²) in [5.74, 6) is -0.0545. The first-order valence-electron chi connectivity index (χ1n) is 5.67. The van der Waals surface area contributed by atoms with E-state index in [2.05, 4.69) is 15.9 Å². The molecule has 0 amide bonds. The van der Waals surface area contributed by atoms with Crippen molar-refractivity contribution < 1.29 is 9.52 Å². The van der Waals surface area contributed by atoms with E-state index in [-0.39, 0.29) is 11.3 Å². The van der Waals surface area contributed by atoms with Gasteiger partial charge >= 0.3 is 5.63 Å². The number of fused-ring (bicyclic) bond motifs is 1. The summed E-state index contributed by atoms with van der Waals surface area (Å²) in [6.45, 7) is 0. The Balaban J connectivity index is 2.34. The summed E-state index contributed by atoms with van der Waals surface area (Å²) in [5.41, 5.74) is 1.01. The summed E-state index contributed by atoms with van der Waals surface area (Å²) in [6.07, 6.45) is 0. The predicted octanol–water partition coefficient (Wildman–Crippen LogP) is 3.93. The third kappa shape index (κ3) is 2.15. The van der Waals surface area contributed by atoms with Crippen LogP contribution < -0.4 is 5.63 Å². The average molecular weight is 317 g/mol. The minimum Gasteiger partial charge on any atom is -0.504 e. The molecule has 1 N–H and O–H groups in total. The number of aromatic hydroxyl groups is 1. The van der Waals surface area contributed by atoms with Crippen LogP contribution in [0.15, 0.2) is 62.2 Å². The van der Waals surface area contributed by atoms with E-state index in [0.29, 0.717) is 10.9 Å². The lowest BCUT2D eigenvalue weighted by atomic mass is 10.1. The zero-order valence-electron chi connectivity index (χ0n) is 9.76. The van der Waals surface area contributed by atoms with Crippen molar-refractivity contribution in [2.24, 2.45) is 0 Å². The molecule has 0 atom stereocenters. The molecule has 0 bridgehead atoms. The normalized spacial score (nSPS) is 10.8. The highest BCUT2D eigenvalue weighted by molar-refractivity contribution is 9.10. The molecule has 1 heterocycles. The maximum atomic E-state index is 12.0. The van der Waals surface area contributed by atoms with Gasteiger partial charge in [0, 0.05) is 9.86 Å². The van der Waals surface area contributed by atoms with Crippen LogP contribution in [0.2, 0.25) is 0 Å². The zero-order chi connectivity index (χ0) is 13.4. The molecule has 0 aliphatic heterocycles. The summed E-state index contributed by atoms with van der Waals surface area (Å²) in [7, 11) is 0. The quantitative estimate of drug-likeness (QED) is 0.692. The topological polar surface area (TPSA) is 50.4 Å². The molecule has 3 nitrogen and oxygen atoms in total. The van der Waals surface area contributed by atoms with Crippen LogP contribution in [0.3, 0.4) is 0 Å². The van der Waals surface area contributed by atoms with E-state index in [0.717, 1.165) is 10.0 Å². The Morgan fingerprint density at radius 2 is 1.79 bits per heavy atom. The Hall–Kier alpha value is -2.07. The third-order valence-electron chi connectivity index (χ3n) is 2.86. The molecule has 0 unspecified atom stereocenters. The summed E-state index contributed by atoms with van der Waals surface area (Å²) < 4.78 is 5.93. The van der Waals surface area contributed by atoms with Crippen molar-refractivity contribution in [1.29, 1.82) is 0 Å². The molecule has 0 fully saturated rings. The monoisotopic (exact) mass is 316 g/mol. The van der Waals surface area contributed by atoms with E-state index >= 15 is 0 Å². The minimum atomic E-state index is -0.462. The van der Waals surface area contributed by atoms with E-state index in [1.54, 1.807) is 12.1 Å². The second-order valence-electron chi connectivity index (χ2n) is 4.16. The van der Waals surface area contributed by atoms with Gasteiger partial charge < -0.3 is 9.52 Å². The minimum absolute atomic E-state index is 0.0545. The summed E-state index contributed by atoms with van der Waals surface area (Å²) in [5, 5.41) is 10.4. The molecule has 0 saturated carbocycles. The summed E-state index contributed by atoms with van der Waals surface area (Å²) in [4.78, 5) is 12.0. The van der Waals surface area contributed by atoms with Gasteiger partial charge in [-0.2, -0.15) is 0 Å². The lowest BCUT2D eigenvalue weighted by Gasteiger charge is -2.04. The highest BCUT2D eigenvalue weighted by Crippen LogP contribution is 2.30. The Labute approximate surface area is 117 Å². The molecule has 2 aromatic carbocycles. The van der Waals surface area contributed by atoms with Gasteiger partial charge in [-0.15, -0.1) is 0 Å². The predicted molar refractivity (Wildman–Crippen MR) is 77.3 cm³/mol. The lowest BCUT2D eigenvalue weighted by Crippen LogP contribution is -2.02. The number of hydrogen-bond donors (Lipinski definition) is 1. The molecule has 19 heavy (non-hydrogen) atoms. The van der Waals surface area contributed by atoms with Gasteiger partial charge in [0.2, 0.25) is 0 Å². The molecule has 0 spiro atoms. The Bertz CT molecular complexity index is 807. The van der Waals surface area contributed by atoms with Crippen LogP contribution in [-0.4, -0.2) is 5.11 Å². The van der Waals surface area contributed by atoms with Crippen molar-refractivity contribution in [2.75, 3.05) is 0 Å². The largest absolute Gasteiger partial charge is 0.504 e. The van der Waals surface area contributed by atoms with Gasteiger partial charge in [0.25, 0.3) is 0 Å². The fourth-order valence-electron chi connectivity index (χ4n) is 2.00. The fraction of sp³-hybridized carbons (Fsp3) is 0. The van der Waals surface area contributed by atoms with Crippen molar-refractivity contribution in [3.8, 4) is 16.9 Å². The van der Waals surface area contributed by atoms with Crippen LogP contribution in [-0.2, 0) is 0 Å². The van der Waals surface area contributed by atoms with Gasteiger partial charge in [0.15, 0.2) is 11.3 Å². The maximum absolute atomic E-state index is 12.0. The molecule has 4 heteroatoms. The molecule has 0 saturated heterocycles. The molecule has 0 aliphatic rings. The first-order valence-corrected chi connectivity index (χ1v) is 6.46. The molecule has 1 aromatic heterocycles. The van der Waals surface area contributed by atoms with Gasteiger partial charge in [0.05, 0.1) is 5.56 Å². The second kappa shape index (κ2) is 4.55. The average Bonchev–Trinajstić information content (AvgIpc) is 2.40.